The van der Waals surface area contributed by atoms with Crippen molar-refractivity contribution in [2.24, 2.45) is 10.6 Å². The second kappa shape index (κ2) is 4.75. The molecule has 0 aromatic heterocycles. The van der Waals surface area contributed by atoms with Crippen LogP contribution >= 0.6 is 0 Å². The molecule has 0 spiro atoms. The lowest BCUT2D eigenvalue weighted by atomic mass is 9.71. The second-order valence-electron chi connectivity index (χ2n) is 5.87. The average molecular weight is 243 g/mol. The van der Waals surface area contributed by atoms with E-state index in [0.29, 0.717) is 5.41 Å². The molecule has 1 fully saturated rings. The fourth-order valence-corrected chi connectivity index (χ4v) is 3.20. The summed E-state index contributed by atoms with van der Waals surface area (Å²) in [6, 6.07) is 10.4. The zero-order valence-corrected chi connectivity index (χ0v) is 11.1. The van der Waals surface area contributed by atoms with E-state index in [1.807, 2.05) is 6.07 Å². The second-order valence-corrected chi connectivity index (χ2v) is 5.87. The van der Waals surface area contributed by atoms with Gasteiger partial charge in [-0.3, -0.25) is 0 Å². The van der Waals surface area contributed by atoms with Gasteiger partial charge in [0.15, 0.2) is 6.10 Å². The summed E-state index contributed by atoms with van der Waals surface area (Å²) in [6.07, 6.45) is 7.72. The Labute approximate surface area is 109 Å². The van der Waals surface area contributed by atoms with Crippen molar-refractivity contribution in [1.82, 2.24) is 0 Å². The predicted octanol–water partition coefficient (Wildman–Crippen LogP) is 4.47. The number of hydrogen-bond donors (Lipinski definition) is 0. The number of benzene rings is 1. The van der Waals surface area contributed by atoms with Crippen LogP contribution in [0.5, 0.6) is 0 Å². The van der Waals surface area contributed by atoms with Crippen LogP contribution < -0.4 is 0 Å². The monoisotopic (exact) mass is 243 g/mol. The summed E-state index contributed by atoms with van der Waals surface area (Å²) in [4.78, 5) is 5.66. The number of nitrogens with zero attached hydrogens (tertiary/aromatic N) is 1. The van der Waals surface area contributed by atoms with E-state index >= 15 is 0 Å². The van der Waals surface area contributed by atoms with Crippen molar-refractivity contribution in [3.05, 3.63) is 35.9 Å². The Morgan fingerprint density at radius 1 is 1.11 bits per heavy atom. The molecule has 0 saturated heterocycles. The molecule has 18 heavy (non-hydrogen) atoms. The summed E-state index contributed by atoms with van der Waals surface area (Å²) < 4.78 is 0. The van der Waals surface area contributed by atoms with Gasteiger partial charge < -0.3 is 4.84 Å². The van der Waals surface area contributed by atoms with Crippen LogP contribution in [0.3, 0.4) is 0 Å². The first-order chi connectivity index (χ1) is 8.78. The summed E-state index contributed by atoms with van der Waals surface area (Å²) in [7, 11) is 0. The van der Waals surface area contributed by atoms with E-state index in [9.17, 15) is 0 Å². The summed E-state index contributed by atoms with van der Waals surface area (Å²) in [5.74, 6) is 0. The van der Waals surface area contributed by atoms with Crippen molar-refractivity contribution in [1.29, 1.82) is 0 Å². The maximum Gasteiger partial charge on any atom is 0.157 e. The van der Waals surface area contributed by atoms with Crippen molar-refractivity contribution in [2.45, 2.75) is 51.6 Å². The molecule has 0 bridgehead atoms. The van der Waals surface area contributed by atoms with E-state index in [0.717, 1.165) is 6.42 Å². The highest BCUT2D eigenvalue weighted by atomic mass is 16.6. The third kappa shape index (κ3) is 2.16. The minimum absolute atomic E-state index is 0.139. The van der Waals surface area contributed by atoms with Gasteiger partial charge in [-0.2, -0.15) is 0 Å². The van der Waals surface area contributed by atoms with Gasteiger partial charge >= 0.3 is 0 Å². The lowest BCUT2D eigenvalue weighted by molar-refractivity contribution is 0.0855. The zero-order valence-electron chi connectivity index (χ0n) is 11.1. The highest BCUT2D eigenvalue weighted by Gasteiger charge is 2.37. The first-order valence-corrected chi connectivity index (χ1v) is 7.06. The fraction of sp³-hybridized carbons (Fsp3) is 0.562. The van der Waals surface area contributed by atoms with E-state index in [2.05, 4.69) is 36.3 Å². The average Bonchev–Trinajstić information content (AvgIpc) is 2.91. The van der Waals surface area contributed by atoms with E-state index in [4.69, 9.17) is 4.84 Å². The Morgan fingerprint density at radius 2 is 1.83 bits per heavy atom. The van der Waals surface area contributed by atoms with Crippen molar-refractivity contribution in [2.75, 3.05) is 0 Å². The maximum absolute atomic E-state index is 5.66. The molecule has 1 heterocycles. The Hall–Kier alpha value is -1.31. The summed E-state index contributed by atoms with van der Waals surface area (Å²) >= 11 is 0. The third-order valence-electron chi connectivity index (χ3n) is 4.49. The molecule has 1 aromatic carbocycles. The minimum Gasteiger partial charge on any atom is -0.387 e. The Morgan fingerprint density at radius 3 is 2.56 bits per heavy atom. The zero-order chi connectivity index (χ0) is 12.4. The molecule has 3 rings (SSSR count). The fourth-order valence-electron chi connectivity index (χ4n) is 3.20. The van der Waals surface area contributed by atoms with Crippen LogP contribution in [0.2, 0.25) is 0 Å². The molecule has 0 unspecified atom stereocenters. The first-order valence-electron chi connectivity index (χ1n) is 7.06. The van der Waals surface area contributed by atoms with Crippen molar-refractivity contribution in [3.8, 4) is 0 Å². The lowest BCUT2D eigenvalue weighted by Crippen LogP contribution is -2.29. The largest absolute Gasteiger partial charge is 0.387 e. The Balaban J connectivity index is 1.71. The molecule has 2 aliphatic rings. The van der Waals surface area contributed by atoms with Gasteiger partial charge in [-0.15, -0.1) is 0 Å². The molecule has 1 aliphatic carbocycles. The topological polar surface area (TPSA) is 21.6 Å². The van der Waals surface area contributed by atoms with Gasteiger partial charge in [0.25, 0.3) is 0 Å². The molecule has 2 heteroatoms. The molecule has 1 aliphatic heterocycles. The molecule has 0 amide bonds. The minimum atomic E-state index is 0.139. The number of hydrogen-bond acceptors (Lipinski definition) is 2. The standard InChI is InChI=1S/C16H21NO/c1-16(10-6-3-7-11-16)15-12-14(18-17-15)13-8-4-2-5-9-13/h2,4-5,8-9,14H,3,6-7,10-12H2,1H3/t14-/m1/s1. The molecular formula is C16H21NO. The third-order valence-corrected chi connectivity index (χ3v) is 4.49. The molecular weight excluding hydrogens is 222 g/mol. The van der Waals surface area contributed by atoms with Gasteiger partial charge in [-0.25, -0.2) is 0 Å². The van der Waals surface area contributed by atoms with E-state index in [-0.39, 0.29) is 6.10 Å². The van der Waals surface area contributed by atoms with Gasteiger partial charge in [0.05, 0.1) is 5.71 Å². The molecule has 0 radical (unpaired) electrons. The smallest absolute Gasteiger partial charge is 0.157 e. The van der Waals surface area contributed by atoms with E-state index < -0.39 is 0 Å². The summed E-state index contributed by atoms with van der Waals surface area (Å²) in [6.45, 7) is 2.36. The van der Waals surface area contributed by atoms with Crippen molar-refractivity contribution in [3.63, 3.8) is 0 Å². The normalized spacial score (nSPS) is 26.5. The molecule has 1 aromatic rings. The van der Waals surface area contributed by atoms with Crippen LogP contribution in [0.15, 0.2) is 35.5 Å². The summed E-state index contributed by atoms with van der Waals surface area (Å²) in [5.41, 5.74) is 2.83. The van der Waals surface area contributed by atoms with Crippen LogP contribution in [0, 0.1) is 5.41 Å². The number of rotatable bonds is 2. The van der Waals surface area contributed by atoms with Crippen LogP contribution in [0.4, 0.5) is 0 Å². The van der Waals surface area contributed by atoms with Crippen LogP contribution in [0.25, 0.3) is 0 Å². The summed E-state index contributed by atoms with van der Waals surface area (Å²) in [5, 5.41) is 4.41. The van der Waals surface area contributed by atoms with Gasteiger partial charge in [0.1, 0.15) is 0 Å². The number of oxime groups is 1. The van der Waals surface area contributed by atoms with Crippen molar-refractivity contribution >= 4 is 5.71 Å². The first kappa shape index (κ1) is 11.8. The van der Waals surface area contributed by atoms with Crippen LogP contribution in [0.1, 0.15) is 57.1 Å². The van der Waals surface area contributed by atoms with Crippen LogP contribution in [-0.2, 0) is 4.84 Å². The van der Waals surface area contributed by atoms with Gasteiger partial charge in [0.2, 0.25) is 0 Å². The molecule has 1 atom stereocenters. The predicted molar refractivity (Wildman–Crippen MR) is 73.5 cm³/mol. The highest BCUT2D eigenvalue weighted by molar-refractivity contribution is 5.91. The van der Waals surface area contributed by atoms with Gasteiger partial charge in [0, 0.05) is 11.8 Å². The van der Waals surface area contributed by atoms with E-state index in [1.54, 1.807) is 0 Å². The van der Waals surface area contributed by atoms with Gasteiger partial charge in [-0.1, -0.05) is 61.7 Å². The van der Waals surface area contributed by atoms with E-state index in [1.165, 1.54) is 43.4 Å². The van der Waals surface area contributed by atoms with Crippen molar-refractivity contribution < 1.29 is 4.84 Å². The maximum atomic E-state index is 5.66. The highest BCUT2D eigenvalue weighted by Crippen LogP contribution is 2.42. The SMILES string of the molecule is CC1(C2=NO[C@@H](c3ccccc3)C2)CCCCC1. The molecule has 0 N–H and O–H groups in total. The lowest BCUT2D eigenvalue weighted by Gasteiger charge is -2.32. The molecule has 96 valence electrons. The van der Waals surface area contributed by atoms with Gasteiger partial charge in [-0.05, 0) is 18.4 Å². The Kier molecular flexibility index (Phi) is 3.11. The molecule has 1 saturated carbocycles. The molecule has 2 nitrogen and oxygen atoms in total. The Bertz CT molecular complexity index is 432. The quantitative estimate of drug-likeness (QED) is 0.750. The van der Waals surface area contributed by atoms with Crippen LogP contribution in [-0.4, -0.2) is 5.71 Å².